The fraction of sp³-hybridized carbons (Fsp3) is 0.600. The van der Waals surface area contributed by atoms with E-state index in [4.69, 9.17) is 0 Å². The largest absolute Gasteiger partial charge is 0.313 e. The maximum Gasteiger partial charge on any atom is 0.00805 e. The molecular formula is C15H21N. The molecule has 0 aliphatic heterocycles. The first-order valence-corrected chi connectivity index (χ1v) is 6.60. The Balaban J connectivity index is 1.80. The van der Waals surface area contributed by atoms with Gasteiger partial charge in [0.05, 0.1) is 0 Å². The molecule has 0 aromatic heterocycles. The second kappa shape index (κ2) is 3.89. The van der Waals surface area contributed by atoms with E-state index in [0.29, 0.717) is 5.41 Å². The van der Waals surface area contributed by atoms with Gasteiger partial charge in [-0.3, -0.25) is 0 Å². The van der Waals surface area contributed by atoms with Gasteiger partial charge < -0.3 is 5.32 Å². The Morgan fingerprint density at radius 3 is 2.56 bits per heavy atom. The van der Waals surface area contributed by atoms with Crippen LogP contribution in [0.5, 0.6) is 0 Å². The summed E-state index contributed by atoms with van der Waals surface area (Å²) in [5, 5.41) is 3.73. The molecule has 0 amide bonds. The predicted octanol–water partition coefficient (Wildman–Crippen LogP) is 3.17. The van der Waals surface area contributed by atoms with Crippen molar-refractivity contribution in [2.24, 2.45) is 0 Å². The van der Waals surface area contributed by atoms with Crippen LogP contribution in [-0.2, 0) is 5.41 Å². The van der Waals surface area contributed by atoms with Crippen molar-refractivity contribution in [1.29, 1.82) is 0 Å². The van der Waals surface area contributed by atoms with E-state index < -0.39 is 0 Å². The van der Waals surface area contributed by atoms with E-state index >= 15 is 0 Å². The van der Waals surface area contributed by atoms with Crippen molar-refractivity contribution in [3.63, 3.8) is 0 Å². The van der Waals surface area contributed by atoms with Gasteiger partial charge in [-0.25, -0.2) is 0 Å². The Kier molecular flexibility index (Phi) is 2.51. The van der Waals surface area contributed by atoms with Crippen LogP contribution < -0.4 is 5.32 Å². The molecule has 0 saturated heterocycles. The van der Waals surface area contributed by atoms with Crippen LogP contribution in [0.1, 0.15) is 43.2 Å². The molecule has 0 atom stereocenters. The van der Waals surface area contributed by atoms with Gasteiger partial charge in [-0.2, -0.15) is 0 Å². The van der Waals surface area contributed by atoms with Crippen LogP contribution in [-0.4, -0.2) is 12.6 Å². The van der Waals surface area contributed by atoms with Crippen molar-refractivity contribution in [2.75, 3.05) is 6.54 Å². The molecular weight excluding hydrogens is 194 g/mol. The Bertz CT molecular complexity index is 375. The minimum atomic E-state index is 0.466. The van der Waals surface area contributed by atoms with Crippen molar-refractivity contribution in [2.45, 2.75) is 50.5 Å². The van der Waals surface area contributed by atoms with Gasteiger partial charge in [0.25, 0.3) is 0 Å². The molecule has 0 heterocycles. The second-order valence-corrected chi connectivity index (χ2v) is 5.60. The maximum atomic E-state index is 3.73. The summed E-state index contributed by atoms with van der Waals surface area (Å²) in [6.45, 7) is 3.45. The number of aryl methyl sites for hydroxylation is 1. The lowest BCUT2D eigenvalue weighted by molar-refractivity contribution is 0.232. The van der Waals surface area contributed by atoms with Crippen molar-refractivity contribution < 1.29 is 0 Å². The zero-order valence-corrected chi connectivity index (χ0v) is 10.1. The highest BCUT2D eigenvalue weighted by molar-refractivity contribution is 5.35. The molecule has 1 N–H and O–H groups in total. The van der Waals surface area contributed by atoms with Gasteiger partial charge >= 0.3 is 0 Å². The Morgan fingerprint density at radius 1 is 1.25 bits per heavy atom. The monoisotopic (exact) mass is 215 g/mol. The summed E-state index contributed by atoms with van der Waals surface area (Å²) in [5.74, 6) is 0. The van der Waals surface area contributed by atoms with Gasteiger partial charge in [0, 0.05) is 18.0 Å². The second-order valence-electron chi connectivity index (χ2n) is 5.60. The SMILES string of the molecule is Cc1ccccc1C1(CNC2CC2)CCC1. The topological polar surface area (TPSA) is 12.0 Å². The third-order valence-electron chi connectivity index (χ3n) is 4.33. The lowest BCUT2D eigenvalue weighted by Crippen LogP contribution is -2.44. The summed E-state index contributed by atoms with van der Waals surface area (Å²) in [5.41, 5.74) is 3.53. The molecule has 86 valence electrons. The molecule has 0 radical (unpaired) electrons. The number of hydrogen-bond donors (Lipinski definition) is 1. The van der Waals surface area contributed by atoms with Crippen molar-refractivity contribution in [3.05, 3.63) is 35.4 Å². The van der Waals surface area contributed by atoms with E-state index in [0.717, 1.165) is 6.04 Å². The fourth-order valence-electron chi connectivity index (χ4n) is 2.94. The first-order chi connectivity index (χ1) is 7.80. The Hall–Kier alpha value is -0.820. The molecule has 1 aromatic rings. The van der Waals surface area contributed by atoms with E-state index in [-0.39, 0.29) is 0 Å². The van der Waals surface area contributed by atoms with E-state index in [1.165, 1.54) is 44.2 Å². The molecule has 0 unspecified atom stereocenters. The molecule has 2 aliphatic carbocycles. The minimum absolute atomic E-state index is 0.466. The van der Waals surface area contributed by atoms with E-state index in [1.807, 2.05) is 0 Å². The molecule has 2 saturated carbocycles. The van der Waals surface area contributed by atoms with Crippen LogP contribution in [0.3, 0.4) is 0 Å². The Labute approximate surface area is 98.3 Å². The molecule has 2 fully saturated rings. The van der Waals surface area contributed by atoms with Crippen molar-refractivity contribution in [1.82, 2.24) is 5.32 Å². The fourth-order valence-corrected chi connectivity index (χ4v) is 2.94. The molecule has 0 bridgehead atoms. The van der Waals surface area contributed by atoms with E-state index in [1.54, 1.807) is 5.56 Å². The van der Waals surface area contributed by atoms with Crippen LogP contribution in [0.25, 0.3) is 0 Å². The number of hydrogen-bond acceptors (Lipinski definition) is 1. The van der Waals surface area contributed by atoms with E-state index in [2.05, 4.69) is 36.5 Å². The standard InChI is InChI=1S/C15H21N/c1-12-5-2-3-6-14(12)15(9-4-10-15)11-16-13-7-8-13/h2-3,5-6,13,16H,4,7-11H2,1H3. The lowest BCUT2D eigenvalue weighted by Gasteiger charge is -2.43. The highest BCUT2D eigenvalue weighted by Crippen LogP contribution is 2.44. The van der Waals surface area contributed by atoms with Crippen LogP contribution in [0.4, 0.5) is 0 Å². The van der Waals surface area contributed by atoms with Crippen LogP contribution in [0.15, 0.2) is 24.3 Å². The molecule has 1 aromatic carbocycles. The summed E-state index contributed by atoms with van der Waals surface area (Å²) in [6, 6.07) is 9.77. The Morgan fingerprint density at radius 2 is 2.00 bits per heavy atom. The zero-order chi connectivity index (χ0) is 11.0. The average Bonchev–Trinajstić information content (AvgIpc) is 3.02. The maximum absolute atomic E-state index is 3.73. The minimum Gasteiger partial charge on any atom is -0.313 e. The number of benzene rings is 1. The lowest BCUT2D eigenvalue weighted by atomic mass is 9.63. The third kappa shape index (κ3) is 1.78. The summed E-state index contributed by atoms with van der Waals surface area (Å²) in [6.07, 6.45) is 6.93. The summed E-state index contributed by atoms with van der Waals surface area (Å²) < 4.78 is 0. The highest BCUT2D eigenvalue weighted by atomic mass is 15.0. The van der Waals surface area contributed by atoms with Gasteiger partial charge in [0.1, 0.15) is 0 Å². The quantitative estimate of drug-likeness (QED) is 0.813. The molecule has 1 nitrogen and oxygen atoms in total. The molecule has 3 rings (SSSR count). The van der Waals surface area contributed by atoms with Gasteiger partial charge in [-0.1, -0.05) is 30.7 Å². The summed E-state index contributed by atoms with van der Waals surface area (Å²) in [7, 11) is 0. The average molecular weight is 215 g/mol. The normalized spacial score (nSPS) is 22.8. The molecule has 0 spiro atoms. The predicted molar refractivity (Wildman–Crippen MR) is 67.7 cm³/mol. The highest BCUT2D eigenvalue weighted by Gasteiger charge is 2.40. The first-order valence-electron chi connectivity index (χ1n) is 6.60. The molecule has 2 aliphatic rings. The van der Waals surface area contributed by atoms with Gasteiger partial charge in [-0.05, 0) is 43.7 Å². The van der Waals surface area contributed by atoms with E-state index in [9.17, 15) is 0 Å². The third-order valence-corrected chi connectivity index (χ3v) is 4.33. The van der Waals surface area contributed by atoms with Crippen molar-refractivity contribution in [3.8, 4) is 0 Å². The summed E-state index contributed by atoms with van der Waals surface area (Å²) in [4.78, 5) is 0. The van der Waals surface area contributed by atoms with Gasteiger partial charge in [0.15, 0.2) is 0 Å². The summed E-state index contributed by atoms with van der Waals surface area (Å²) >= 11 is 0. The van der Waals surface area contributed by atoms with Crippen molar-refractivity contribution >= 4 is 0 Å². The molecule has 16 heavy (non-hydrogen) atoms. The number of nitrogens with one attached hydrogen (secondary N) is 1. The van der Waals surface area contributed by atoms with Crippen LogP contribution >= 0.6 is 0 Å². The van der Waals surface area contributed by atoms with Crippen LogP contribution in [0.2, 0.25) is 0 Å². The van der Waals surface area contributed by atoms with Gasteiger partial charge in [0.2, 0.25) is 0 Å². The number of rotatable bonds is 4. The molecule has 1 heteroatoms. The first kappa shape index (κ1) is 10.3. The smallest absolute Gasteiger partial charge is 0.00805 e. The zero-order valence-electron chi connectivity index (χ0n) is 10.1. The van der Waals surface area contributed by atoms with Gasteiger partial charge in [-0.15, -0.1) is 0 Å². The van der Waals surface area contributed by atoms with Crippen LogP contribution in [0, 0.1) is 6.92 Å².